The summed E-state index contributed by atoms with van der Waals surface area (Å²) in [5.74, 6) is 0.810. The number of aromatic nitrogens is 2. The molecule has 152 valence electrons. The van der Waals surface area contributed by atoms with Gasteiger partial charge in [-0.15, -0.1) is 0 Å². The molecule has 1 aliphatic carbocycles. The number of carbonyl (C=O) groups is 1. The first kappa shape index (κ1) is 19.4. The van der Waals surface area contributed by atoms with Crippen molar-refractivity contribution in [2.75, 3.05) is 13.7 Å². The van der Waals surface area contributed by atoms with Gasteiger partial charge in [-0.25, -0.2) is 10.4 Å². The van der Waals surface area contributed by atoms with Crippen molar-refractivity contribution in [3.63, 3.8) is 0 Å². The maximum absolute atomic E-state index is 11.4. The van der Waals surface area contributed by atoms with Crippen LogP contribution in [0.25, 0.3) is 5.70 Å². The van der Waals surface area contributed by atoms with Crippen LogP contribution < -0.4 is 14.9 Å². The highest BCUT2D eigenvalue weighted by Crippen LogP contribution is 2.31. The van der Waals surface area contributed by atoms with Crippen molar-refractivity contribution < 1.29 is 14.3 Å². The molecule has 0 unspecified atom stereocenters. The number of hydrogen-bond donors (Lipinski definition) is 1. The van der Waals surface area contributed by atoms with Crippen LogP contribution in [0.5, 0.6) is 11.6 Å². The normalized spacial score (nSPS) is 17.1. The lowest BCUT2D eigenvalue weighted by Crippen LogP contribution is -2.41. The zero-order chi connectivity index (χ0) is 20.1. The Labute approximate surface area is 170 Å². The average Bonchev–Trinajstić information content (AvgIpc) is 3.28. The van der Waals surface area contributed by atoms with Gasteiger partial charge < -0.3 is 14.5 Å². The number of methoxy groups -OCH3 is 1. The highest BCUT2D eigenvalue weighted by molar-refractivity contribution is 5.79. The number of nitrogens with zero attached hydrogens (tertiary/aromatic N) is 3. The summed E-state index contributed by atoms with van der Waals surface area (Å²) in [6.45, 7) is 1.11. The second kappa shape index (κ2) is 9.05. The van der Waals surface area contributed by atoms with Gasteiger partial charge in [0.2, 0.25) is 5.88 Å². The Balaban J connectivity index is 1.54. The molecule has 0 spiro atoms. The van der Waals surface area contributed by atoms with Crippen LogP contribution in [-0.2, 0) is 6.61 Å². The van der Waals surface area contributed by atoms with Gasteiger partial charge in [0.15, 0.2) is 6.29 Å². The topological polar surface area (TPSA) is 76.6 Å². The molecule has 7 heteroatoms. The molecule has 0 atom stereocenters. The van der Waals surface area contributed by atoms with Gasteiger partial charge in [-0.05, 0) is 25.0 Å². The Bertz CT molecular complexity index is 893. The molecular weight excluding hydrogens is 368 g/mol. The number of pyridine rings is 2. The quantitative estimate of drug-likeness (QED) is 0.722. The van der Waals surface area contributed by atoms with Gasteiger partial charge in [0, 0.05) is 30.4 Å². The minimum absolute atomic E-state index is 0.299. The lowest BCUT2D eigenvalue weighted by molar-refractivity contribution is 0.111. The number of carbonyl (C=O) groups excluding carboxylic acids is 1. The van der Waals surface area contributed by atoms with E-state index < -0.39 is 0 Å². The summed E-state index contributed by atoms with van der Waals surface area (Å²) in [6.07, 6.45) is 12.5. The van der Waals surface area contributed by atoms with Crippen LogP contribution in [0.1, 0.15) is 53.7 Å². The lowest BCUT2D eigenvalue weighted by atomic mass is 9.94. The van der Waals surface area contributed by atoms with Gasteiger partial charge in [-0.1, -0.05) is 25.3 Å². The van der Waals surface area contributed by atoms with Crippen molar-refractivity contribution in [1.29, 1.82) is 0 Å². The molecule has 0 bridgehead atoms. The molecule has 2 aromatic heterocycles. The molecule has 0 saturated heterocycles. The van der Waals surface area contributed by atoms with Gasteiger partial charge in [0.1, 0.15) is 12.4 Å². The molecule has 0 radical (unpaired) electrons. The van der Waals surface area contributed by atoms with E-state index in [1.54, 1.807) is 6.07 Å². The van der Waals surface area contributed by atoms with E-state index in [2.05, 4.69) is 26.5 Å². The maximum atomic E-state index is 11.4. The van der Waals surface area contributed by atoms with E-state index in [1.807, 2.05) is 18.3 Å². The van der Waals surface area contributed by atoms with Crippen LogP contribution in [0.3, 0.4) is 0 Å². The van der Waals surface area contributed by atoms with Crippen LogP contribution in [0.15, 0.2) is 36.7 Å². The van der Waals surface area contributed by atoms with Crippen LogP contribution in [0.2, 0.25) is 0 Å². The predicted molar refractivity (Wildman–Crippen MR) is 109 cm³/mol. The average molecular weight is 394 g/mol. The first-order valence-corrected chi connectivity index (χ1v) is 10.1. The number of nitrogens with one attached hydrogen (secondary N) is 1. The van der Waals surface area contributed by atoms with Gasteiger partial charge in [-0.2, -0.15) is 0 Å². The third-order valence-electron chi connectivity index (χ3n) is 5.48. The molecule has 29 heavy (non-hydrogen) atoms. The summed E-state index contributed by atoms with van der Waals surface area (Å²) in [7, 11) is 1.51. The van der Waals surface area contributed by atoms with Crippen molar-refractivity contribution in [2.24, 2.45) is 0 Å². The Morgan fingerprint density at radius 2 is 2.14 bits per heavy atom. The Morgan fingerprint density at radius 1 is 1.28 bits per heavy atom. The number of ether oxygens (including phenoxy) is 2. The summed E-state index contributed by atoms with van der Waals surface area (Å²) >= 11 is 0. The predicted octanol–water partition coefficient (Wildman–Crippen LogP) is 3.37. The highest BCUT2D eigenvalue weighted by Gasteiger charge is 2.28. The number of aldehydes is 1. The van der Waals surface area contributed by atoms with Gasteiger partial charge >= 0.3 is 0 Å². The molecule has 0 aromatic carbocycles. The fourth-order valence-electron chi connectivity index (χ4n) is 4.00. The van der Waals surface area contributed by atoms with Gasteiger partial charge in [0.05, 0.1) is 30.3 Å². The second-order valence-corrected chi connectivity index (χ2v) is 7.30. The standard InChI is InChI=1S/C22H26N4O3/c1-28-21-12-17(14-27)20(13-24-21)29-15-16-6-5-10-23-22(16)19-9-11-25-26(19)18-7-3-2-4-8-18/h5-6,9-10,12-14,18,25H,2-4,7-8,11,15H2,1H3. The molecule has 3 heterocycles. The van der Waals surface area contributed by atoms with Crippen LogP contribution in [-0.4, -0.2) is 41.0 Å². The molecular formula is C22H26N4O3. The summed E-state index contributed by atoms with van der Waals surface area (Å²) < 4.78 is 11.0. The van der Waals surface area contributed by atoms with Crippen LogP contribution in [0, 0.1) is 0 Å². The Morgan fingerprint density at radius 3 is 2.93 bits per heavy atom. The second-order valence-electron chi connectivity index (χ2n) is 7.30. The summed E-state index contributed by atoms with van der Waals surface area (Å²) in [6, 6.07) is 5.99. The molecule has 7 nitrogen and oxygen atoms in total. The minimum Gasteiger partial charge on any atom is -0.486 e. The minimum atomic E-state index is 0.299. The molecule has 1 aliphatic heterocycles. The molecule has 1 N–H and O–H groups in total. The molecule has 4 rings (SSSR count). The maximum Gasteiger partial charge on any atom is 0.213 e. The smallest absolute Gasteiger partial charge is 0.213 e. The summed E-state index contributed by atoms with van der Waals surface area (Å²) in [5, 5.41) is 2.29. The van der Waals surface area contributed by atoms with Crippen molar-refractivity contribution in [3.8, 4) is 11.6 Å². The Hall–Kier alpha value is -2.93. The van der Waals surface area contributed by atoms with Gasteiger partial charge in [0.25, 0.3) is 0 Å². The molecule has 1 saturated carbocycles. The summed E-state index contributed by atoms with van der Waals surface area (Å²) in [5.41, 5.74) is 6.90. The monoisotopic (exact) mass is 394 g/mol. The molecule has 2 aliphatic rings. The number of hydrogen-bond acceptors (Lipinski definition) is 7. The zero-order valence-electron chi connectivity index (χ0n) is 16.6. The molecule has 1 fully saturated rings. The van der Waals surface area contributed by atoms with E-state index in [0.717, 1.165) is 29.8 Å². The SMILES string of the molecule is COc1cc(C=O)c(OCc2cccnc2C2=CCNN2C2CCCCC2)cn1. The molecule has 2 aromatic rings. The van der Waals surface area contributed by atoms with Crippen molar-refractivity contribution in [1.82, 2.24) is 20.4 Å². The van der Waals surface area contributed by atoms with E-state index in [4.69, 9.17) is 9.47 Å². The van der Waals surface area contributed by atoms with Crippen molar-refractivity contribution in [3.05, 3.63) is 53.5 Å². The zero-order valence-corrected chi connectivity index (χ0v) is 16.6. The third-order valence-corrected chi connectivity index (χ3v) is 5.48. The number of rotatable bonds is 7. The van der Waals surface area contributed by atoms with Crippen LogP contribution >= 0.6 is 0 Å². The van der Waals surface area contributed by atoms with E-state index in [9.17, 15) is 4.79 Å². The van der Waals surface area contributed by atoms with E-state index in [-0.39, 0.29) is 0 Å². The van der Waals surface area contributed by atoms with E-state index >= 15 is 0 Å². The van der Waals surface area contributed by atoms with Crippen LogP contribution in [0.4, 0.5) is 0 Å². The van der Waals surface area contributed by atoms with E-state index in [1.165, 1.54) is 45.4 Å². The number of hydrazine groups is 1. The lowest BCUT2D eigenvalue weighted by Gasteiger charge is -2.34. The fraction of sp³-hybridized carbons (Fsp3) is 0.409. The van der Waals surface area contributed by atoms with Crippen molar-refractivity contribution in [2.45, 2.75) is 44.8 Å². The van der Waals surface area contributed by atoms with Crippen molar-refractivity contribution >= 4 is 12.0 Å². The summed E-state index contributed by atoms with van der Waals surface area (Å²) in [4.78, 5) is 20.2. The first-order chi connectivity index (χ1) is 14.3. The van der Waals surface area contributed by atoms with Gasteiger partial charge in [-0.3, -0.25) is 9.78 Å². The highest BCUT2D eigenvalue weighted by atomic mass is 16.5. The largest absolute Gasteiger partial charge is 0.486 e. The molecule has 0 amide bonds. The Kier molecular flexibility index (Phi) is 6.05. The van der Waals surface area contributed by atoms with E-state index in [0.29, 0.717) is 29.8 Å². The fourth-order valence-corrected chi connectivity index (χ4v) is 4.00. The third kappa shape index (κ3) is 4.24. The first-order valence-electron chi connectivity index (χ1n) is 10.1.